The number of carbonyl (C=O) groups excluding carboxylic acids is 1. The molecular weight excluding hydrogens is 254 g/mol. The monoisotopic (exact) mass is 279 g/mol. The van der Waals surface area contributed by atoms with E-state index in [0.717, 1.165) is 19.4 Å². The van der Waals surface area contributed by atoms with Crippen LogP contribution in [0.1, 0.15) is 57.1 Å². The van der Waals surface area contributed by atoms with Crippen molar-refractivity contribution in [3.05, 3.63) is 18.0 Å². The summed E-state index contributed by atoms with van der Waals surface area (Å²) in [6, 6.07) is 2.04. The number of aromatic nitrogens is 2. The molecule has 1 amide bonds. The second kappa shape index (κ2) is 5.95. The summed E-state index contributed by atoms with van der Waals surface area (Å²) in [6.45, 7) is 9.75. The van der Waals surface area contributed by atoms with Crippen molar-refractivity contribution in [2.24, 2.45) is 5.92 Å². The van der Waals surface area contributed by atoms with Gasteiger partial charge < -0.3 is 10.1 Å². The van der Waals surface area contributed by atoms with E-state index in [-0.39, 0.29) is 17.6 Å². The number of nitrogens with zero attached hydrogens (tertiary/aromatic N) is 2. The van der Waals surface area contributed by atoms with Crippen molar-refractivity contribution in [3.63, 3.8) is 0 Å². The maximum atomic E-state index is 12.1. The first-order valence-corrected chi connectivity index (χ1v) is 7.35. The van der Waals surface area contributed by atoms with Crippen LogP contribution in [0.25, 0.3) is 0 Å². The molecule has 20 heavy (non-hydrogen) atoms. The average molecular weight is 279 g/mol. The summed E-state index contributed by atoms with van der Waals surface area (Å²) in [6.07, 6.45) is 3.83. The van der Waals surface area contributed by atoms with Gasteiger partial charge in [0.1, 0.15) is 5.69 Å². The van der Waals surface area contributed by atoms with Crippen LogP contribution < -0.4 is 5.32 Å². The van der Waals surface area contributed by atoms with Crippen molar-refractivity contribution in [1.29, 1.82) is 0 Å². The quantitative estimate of drug-likeness (QED) is 0.920. The minimum Gasteiger partial charge on any atom is -0.376 e. The van der Waals surface area contributed by atoms with Crippen LogP contribution in [0.2, 0.25) is 0 Å². The molecule has 0 bridgehead atoms. The Balaban J connectivity index is 1.85. The van der Waals surface area contributed by atoms with E-state index in [1.165, 1.54) is 0 Å². The van der Waals surface area contributed by atoms with Crippen LogP contribution in [0.5, 0.6) is 0 Å². The molecule has 112 valence electrons. The number of carbonyl (C=O) groups is 1. The van der Waals surface area contributed by atoms with Gasteiger partial charge in [0.05, 0.1) is 5.60 Å². The van der Waals surface area contributed by atoms with E-state index in [1.807, 2.05) is 20.0 Å². The van der Waals surface area contributed by atoms with E-state index in [2.05, 4.69) is 24.3 Å². The predicted molar refractivity (Wildman–Crippen MR) is 77.7 cm³/mol. The Morgan fingerprint density at radius 2 is 2.35 bits per heavy atom. The Morgan fingerprint density at radius 3 is 2.95 bits per heavy atom. The first-order valence-electron chi connectivity index (χ1n) is 7.35. The third-order valence-corrected chi connectivity index (χ3v) is 3.72. The lowest BCUT2D eigenvalue weighted by Gasteiger charge is -2.35. The molecule has 1 aromatic heterocycles. The van der Waals surface area contributed by atoms with E-state index in [0.29, 0.717) is 18.2 Å². The summed E-state index contributed by atoms with van der Waals surface area (Å²) in [5.41, 5.74) is 0.414. The van der Waals surface area contributed by atoms with Gasteiger partial charge in [0, 0.05) is 25.4 Å². The number of rotatable bonds is 4. The summed E-state index contributed by atoms with van der Waals surface area (Å²) in [7, 11) is 0. The molecule has 2 heterocycles. The van der Waals surface area contributed by atoms with Crippen molar-refractivity contribution < 1.29 is 9.53 Å². The lowest BCUT2D eigenvalue weighted by molar-refractivity contribution is -0.0715. The fourth-order valence-electron chi connectivity index (χ4n) is 2.61. The zero-order valence-corrected chi connectivity index (χ0v) is 12.8. The van der Waals surface area contributed by atoms with Crippen molar-refractivity contribution >= 4 is 5.91 Å². The molecule has 1 aromatic rings. The summed E-state index contributed by atoms with van der Waals surface area (Å²) in [5, 5.41) is 7.27. The molecule has 1 aliphatic rings. The van der Waals surface area contributed by atoms with Crippen LogP contribution in [0.3, 0.4) is 0 Å². The minimum absolute atomic E-state index is 0.0765. The Bertz CT molecular complexity index is 465. The van der Waals surface area contributed by atoms with Gasteiger partial charge in [-0.05, 0) is 52.5 Å². The van der Waals surface area contributed by atoms with E-state index in [9.17, 15) is 4.79 Å². The molecule has 2 rings (SSSR count). The lowest BCUT2D eigenvalue weighted by atomic mass is 9.88. The van der Waals surface area contributed by atoms with Crippen molar-refractivity contribution in [2.45, 2.75) is 52.2 Å². The van der Waals surface area contributed by atoms with Crippen LogP contribution >= 0.6 is 0 Å². The highest BCUT2D eigenvalue weighted by Gasteiger charge is 2.29. The zero-order chi connectivity index (χ0) is 14.8. The van der Waals surface area contributed by atoms with Crippen LogP contribution in [0.15, 0.2) is 12.3 Å². The Hall–Kier alpha value is -1.36. The standard InChI is InChI=1S/C15H25N3O2/c1-11(2)18-7-5-13(17-18)14(19)16-10-12-6-8-20-15(3,4)9-12/h5,7,11-12H,6,8-10H2,1-4H3,(H,16,19)/t12-/m0/s1. The SMILES string of the molecule is CC(C)n1ccc(C(=O)NC[C@H]2CCOC(C)(C)C2)n1. The largest absolute Gasteiger partial charge is 0.376 e. The van der Waals surface area contributed by atoms with E-state index in [1.54, 1.807) is 10.7 Å². The van der Waals surface area contributed by atoms with Crippen molar-refractivity contribution in [2.75, 3.05) is 13.2 Å². The minimum atomic E-state index is -0.0892. The molecule has 1 aliphatic heterocycles. The van der Waals surface area contributed by atoms with Gasteiger partial charge in [-0.2, -0.15) is 5.10 Å². The fourth-order valence-corrected chi connectivity index (χ4v) is 2.61. The molecule has 1 N–H and O–H groups in total. The molecule has 0 aliphatic carbocycles. The predicted octanol–water partition coefficient (Wildman–Crippen LogP) is 2.40. The fraction of sp³-hybridized carbons (Fsp3) is 0.733. The van der Waals surface area contributed by atoms with Gasteiger partial charge >= 0.3 is 0 Å². The molecule has 5 nitrogen and oxygen atoms in total. The van der Waals surface area contributed by atoms with E-state index in [4.69, 9.17) is 4.74 Å². The summed E-state index contributed by atoms with van der Waals surface area (Å²) in [4.78, 5) is 12.1. The smallest absolute Gasteiger partial charge is 0.271 e. The number of ether oxygens (including phenoxy) is 1. The highest BCUT2D eigenvalue weighted by molar-refractivity contribution is 5.92. The highest BCUT2D eigenvalue weighted by atomic mass is 16.5. The average Bonchev–Trinajstić information content (AvgIpc) is 2.84. The van der Waals surface area contributed by atoms with Gasteiger partial charge in [-0.1, -0.05) is 0 Å². The van der Waals surface area contributed by atoms with Crippen LogP contribution in [-0.2, 0) is 4.74 Å². The zero-order valence-electron chi connectivity index (χ0n) is 12.8. The summed E-state index contributed by atoms with van der Waals surface area (Å²) >= 11 is 0. The topological polar surface area (TPSA) is 56.2 Å². The maximum Gasteiger partial charge on any atom is 0.271 e. The molecule has 0 saturated carbocycles. The molecule has 0 radical (unpaired) electrons. The van der Waals surface area contributed by atoms with Crippen LogP contribution in [0.4, 0.5) is 0 Å². The molecule has 1 atom stereocenters. The van der Waals surface area contributed by atoms with Crippen molar-refractivity contribution in [3.8, 4) is 0 Å². The number of hydrogen-bond acceptors (Lipinski definition) is 3. The number of amides is 1. The number of nitrogens with one attached hydrogen (secondary N) is 1. The van der Waals surface area contributed by atoms with Gasteiger partial charge in [-0.3, -0.25) is 9.48 Å². The number of hydrogen-bond donors (Lipinski definition) is 1. The molecule has 0 unspecified atom stereocenters. The van der Waals surface area contributed by atoms with Gasteiger partial charge in [0.15, 0.2) is 0 Å². The van der Waals surface area contributed by atoms with E-state index >= 15 is 0 Å². The van der Waals surface area contributed by atoms with Gasteiger partial charge in [-0.15, -0.1) is 0 Å². The molecular formula is C15H25N3O2. The Kier molecular flexibility index (Phi) is 4.48. The molecule has 5 heteroatoms. The molecule has 0 spiro atoms. The highest BCUT2D eigenvalue weighted by Crippen LogP contribution is 2.27. The van der Waals surface area contributed by atoms with Crippen LogP contribution in [0, 0.1) is 5.92 Å². The maximum absolute atomic E-state index is 12.1. The Morgan fingerprint density at radius 1 is 1.60 bits per heavy atom. The van der Waals surface area contributed by atoms with E-state index < -0.39 is 0 Å². The molecule has 1 fully saturated rings. The summed E-state index contributed by atoms with van der Waals surface area (Å²) < 4.78 is 7.49. The summed E-state index contributed by atoms with van der Waals surface area (Å²) in [5.74, 6) is 0.392. The van der Waals surface area contributed by atoms with Gasteiger partial charge in [0.25, 0.3) is 5.91 Å². The van der Waals surface area contributed by atoms with Gasteiger partial charge in [0.2, 0.25) is 0 Å². The third-order valence-electron chi connectivity index (χ3n) is 3.72. The second-order valence-corrected chi connectivity index (χ2v) is 6.45. The van der Waals surface area contributed by atoms with Crippen molar-refractivity contribution in [1.82, 2.24) is 15.1 Å². The van der Waals surface area contributed by atoms with Gasteiger partial charge in [-0.25, -0.2) is 0 Å². The first kappa shape index (κ1) is 15.0. The normalized spacial score (nSPS) is 21.9. The first-order chi connectivity index (χ1) is 9.37. The Labute approximate surface area is 120 Å². The van der Waals surface area contributed by atoms with Crippen LogP contribution in [-0.4, -0.2) is 34.4 Å². The lowest BCUT2D eigenvalue weighted by Crippen LogP contribution is -2.39. The molecule has 0 aromatic carbocycles. The second-order valence-electron chi connectivity index (χ2n) is 6.45. The third kappa shape index (κ3) is 3.82. The molecule has 1 saturated heterocycles.